The van der Waals surface area contributed by atoms with Crippen LogP contribution in [0.3, 0.4) is 0 Å². The van der Waals surface area contributed by atoms with Gasteiger partial charge >= 0.3 is 0 Å². The van der Waals surface area contributed by atoms with Gasteiger partial charge in [-0.2, -0.15) is 0 Å². The molecule has 168 valence electrons. The summed E-state index contributed by atoms with van der Waals surface area (Å²) >= 11 is 0. The maximum atomic E-state index is 14.4. The topological polar surface area (TPSA) is 59.7 Å². The first-order valence-electron chi connectivity index (χ1n) is 11.5. The van der Waals surface area contributed by atoms with Crippen LogP contribution in [0.1, 0.15) is 60.7 Å². The minimum absolute atomic E-state index is 0.0132. The molecule has 1 aliphatic carbocycles. The Labute approximate surface area is 187 Å². The lowest BCUT2D eigenvalue weighted by atomic mass is 9.79. The van der Waals surface area contributed by atoms with Gasteiger partial charge in [-0.05, 0) is 75.1 Å². The Morgan fingerprint density at radius 3 is 2.69 bits per heavy atom. The number of halogens is 1. The van der Waals surface area contributed by atoms with Crippen molar-refractivity contribution in [1.29, 1.82) is 0 Å². The van der Waals surface area contributed by atoms with Crippen molar-refractivity contribution in [2.24, 2.45) is 11.8 Å². The molecule has 7 heteroatoms. The summed E-state index contributed by atoms with van der Waals surface area (Å²) in [5.74, 6) is 0.257. The average Bonchev–Trinajstić information content (AvgIpc) is 3.41. The molecule has 0 radical (unpaired) electrons. The van der Waals surface area contributed by atoms with Crippen LogP contribution >= 0.6 is 0 Å². The summed E-state index contributed by atoms with van der Waals surface area (Å²) in [6, 6.07) is 5.57. The SMILES string of the molecule is Cc1ccc([C@@H]2CCON2C(=O)[C@H]2CC[C@H](Cc3cc(F)c4nc(C)cn4c3)CC2)cn1. The van der Waals surface area contributed by atoms with E-state index in [9.17, 15) is 9.18 Å². The van der Waals surface area contributed by atoms with E-state index < -0.39 is 0 Å². The van der Waals surface area contributed by atoms with E-state index in [1.807, 2.05) is 44.6 Å². The highest BCUT2D eigenvalue weighted by Gasteiger charge is 2.37. The third-order valence-corrected chi connectivity index (χ3v) is 6.84. The predicted octanol–water partition coefficient (Wildman–Crippen LogP) is 4.74. The highest BCUT2D eigenvalue weighted by atomic mass is 19.1. The average molecular weight is 437 g/mol. The lowest BCUT2D eigenvalue weighted by molar-refractivity contribution is -0.183. The normalized spacial score (nSPS) is 23.7. The van der Waals surface area contributed by atoms with Crippen molar-refractivity contribution >= 4 is 11.6 Å². The second-order valence-electron chi connectivity index (χ2n) is 9.27. The lowest BCUT2D eigenvalue weighted by Gasteiger charge is -2.32. The Morgan fingerprint density at radius 2 is 1.94 bits per heavy atom. The maximum absolute atomic E-state index is 14.4. The molecule has 0 bridgehead atoms. The number of pyridine rings is 2. The Hall–Kier alpha value is -2.80. The number of carbonyl (C=O) groups excluding carboxylic acids is 1. The number of amides is 1. The minimum atomic E-state index is -0.276. The molecular formula is C25H29FN4O2. The summed E-state index contributed by atoms with van der Waals surface area (Å²) < 4.78 is 16.2. The van der Waals surface area contributed by atoms with Gasteiger partial charge < -0.3 is 4.40 Å². The zero-order valence-corrected chi connectivity index (χ0v) is 18.6. The quantitative estimate of drug-likeness (QED) is 0.593. The van der Waals surface area contributed by atoms with Crippen molar-refractivity contribution in [1.82, 2.24) is 19.4 Å². The molecule has 3 aromatic heterocycles. The fourth-order valence-electron chi connectivity index (χ4n) is 5.14. The number of fused-ring (bicyclic) bond motifs is 1. The number of hydroxylamine groups is 2. The van der Waals surface area contributed by atoms with Gasteiger partial charge in [0.15, 0.2) is 11.5 Å². The van der Waals surface area contributed by atoms with Crippen molar-refractivity contribution < 1.29 is 14.0 Å². The van der Waals surface area contributed by atoms with Crippen LogP contribution in [0, 0.1) is 31.5 Å². The molecule has 5 rings (SSSR count). The van der Waals surface area contributed by atoms with Crippen molar-refractivity contribution in [3.05, 3.63) is 65.1 Å². The fourth-order valence-corrected chi connectivity index (χ4v) is 5.14. The summed E-state index contributed by atoms with van der Waals surface area (Å²) in [4.78, 5) is 27.6. The first kappa shape index (κ1) is 21.1. The van der Waals surface area contributed by atoms with Gasteiger partial charge in [-0.3, -0.25) is 14.6 Å². The van der Waals surface area contributed by atoms with Crippen LogP contribution in [0.25, 0.3) is 5.65 Å². The summed E-state index contributed by atoms with van der Waals surface area (Å²) in [6.07, 6.45) is 10.9. The standard InChI is InChI=1S/C25H29FN4O2/c1-16-3-6-21(13-27-16)23-9-10-32-30(23)25(31)20-7-4-18(5-8-20)11-19-12-22(26)24-28-17(2)14-29(24)15-19/h3,6,12-15,18,20,23H,4-5,7-11H2,1-2H3/t18-,20-,23-/m0/s1. The molecular weight excluding hydrogens is 407 g/mol. The number of aryl methyl sites for hydroxylation is 2. The van der Waals surface area contributed by atoms with E-state index >= 15 is 0 Å². The van der Waals surface area contributed by atoms with Gasteiger partial charge in [-0.25, -0.2) is 14.4 Å². The molecule has 6 nitrogen and oxygen atoms in total. The number of carbonyl (C=O) groups is 1. The summed E-state index contributed by atoms with van der Waals surface area (Å²) in [6.45, 7) is 4.38. The number of rotatable bonds is 4. The van der Waals surface area contributed by atoms with Crippen molar-refractivity contribution in [2.75, 3.05) is 6.61 Å². The lowest BCUT2D eigenvalue weighted by Crippen LogP contribution is -2.36. The highest BCUT2D eigenvalue weighted by molar-refractivity contribution is 5.78. The summed E-state index contributed by atoms with van der Waals surface area (Å²) in [5.41, 5.74) is 4.17. The molecule has 2 fully saturated rings. The fraction of sp³-hybridized carbons (Fsp3) is 0.480. The third-order valence-electron chi connectivity index (χ3n) is 6.84. The third kappa shape index (κ3) is 4.13. The molecule has 1 saturated heterocycles. The first-order valence-corrected chi connectivity index (χ1v) is 11.5. The number of aromatic nitrogens is 3. The smallest absolute Gasteiger partial charge is 0.249 e. The Kier molecular flexibility index (Phi) is 5.67. The van der Waals surface area contributed by atoms with E-state index in [1.165, 1.54) is 0 Å². The number of imidazole rings is 1. The molecule has 1 saturated carbocycles. The van der Waals surface area contributed by atoms with Gasteiger partial charge in [0.1, 0.15) is 0 Å². The largest absolute Gasteiger partial charge is 0.304 e. The number of hydrogen-bond acceptors (Lipinski definition) is 4. The number of nitrogens with zero attached hydrogens (tertiary/aromatic N) is 4. The zero-order valence-electron chi connectivity index (χ0n) is 18.6. The molecule has 3 aromatic rings. The Bertz CT molecular complexity index is 1120. The molecule has 1 aliphatic heterocycles. The van der Waals surface area contributed by atoms with Gasteiger partial charge in [0, 0.05) is 36.6 Å². The molecule has 0 unspecified atom stereocenters. The molecule has 1 amide bonds. The van der Waals surface area contributed by atoms with E-state index in [2.05, 4.69) is 9.97 Å². The van der Waals surface area contributed by atoms with E-state index in [4.69, 9.17) is 4.84 Å². The van der Waals surface area contributed by atoms with Crippen LogP contribution in [0.2, 0.25) is 0 Å². The molecule has 32 heavy (non-hydrogen) atoms. The second kappa shape index (κ2) is 8.62. The van der Waals surface area contributed by atoms with E-state index in [0.717, 1.165) is 61.0 Å². The van der Waals surface area contributed by atoms with Crippen LogP contribution in [0.15, 0.2) is 36.8 Å². The molecule has 0 aromatic carbocycles. The van der Waals surface area contributed by atoms with Crippen molar-refractivity contribution in [2.45, 2.75) is 58.4 Å². The molecule has 4 heterocycles. The molecule has 0 spiro atoms. The highest BCUT2D eigenvalue weighted by Crippen LogP contribution is 2.37. The number of hydrogen-bond donors (Lipinski definition) is 0. The van der Waals surface area contributed by atoms with Gasteiger partial charge in [-0.1, -0.05) is 6.07 Å². The Balaban J connectivity index is 1.21. The van der Waals surface area contributed by atoms with Gasteiger partial charge in [0.25, 0.3) is 0 Å². The second-order valence-corrected chi connectivity index (χ2v) is 9.27. The van der Waals surface area contributed by atoms with Crippen LogP contribution in [-0.2, 0) is 16.1 Å². The molecule has 1 atom stereocenters. The monoisotopic (exact) mass is 436 g/mol. The van der Waals surface area contributed by atoms with Crippen LogP contribution in [0.4, 0.5) is 4.39 Å². The first-order chi connectivity index (χ1) is 15.5. The van der Waals surface area contributed by atoms with Crippen molar-refractivity contribution in [3.8, 4) is 0 Å². The van der Waals surface area contributed by atoms with Gasteiger partial charge in [-0.15, -0.1) is 0 Å². The maximum Gasteiger partial charge on any atom is 0.249 e. The van der Waals surface area contributed by atoms with Gasteiger partial charge in [0.2, 0.25) is 5.91 Å². The van der Waals surface area contributed by atoms with Crippen molar-refractivity contribution in [3.63, 3.8) is 0 Å². The van der Waals surface area contributed by atoms with Crippen LogP contribution in [0.5, 0.6) is 0 Å². The van der Waals surface area contributed by atoms with Crippen LogP contribution in [-0.4, -0.2) is 31.9 Å². The molecule has 0 N–H and O–H groups in total. The van der Waals surface area contributed by atoms with Gasteiger partial charge in [0.05, 0.1) is 18.3 Å². The summed E-state index contributed by atoms with van der Waals surface area (Å²) in [7, 11) is 0. The predicted molar refractivity (Wildman–Crippen MR) is 118 cm³/mol. The molecule has 2 aliphatic rings. The van der Waals surface area contributed by atoms with E-state index in [0.29, 0.717) is 18.2 Å². The zero-order chi connectivity index (χ0) is 22.2. The van der Waals surface area contributed by atoms with Crippen LogP contribution < -0.4 is 0 Å². The van der Waals surface area contributed by atoms with E-state index in [-0.39, 0.29) is 23.7 Å². The minimum Gasteiger partial charge on any atom is -0.304 e. The summed E-state index contributed by atoms with van der Waals surface area (Å²) in [5, 5.41) is 1.60. The Morgan fingerprint density at radius 1 is 1.12 bits per heavy atom. The van der Waals surface area contributed by atoms with E-state index in [1.54, 1.807) is 15.5 Å².